The van der Waals surface area contributed by atoms with Crippen molar-refractivity contribution >= 4 is 11.9 Å². The van der Waals surface area contributed by atoms with Gasteiger partial charge >= 0.3 is 11.9 Å². The number of hydrogen-bond acceptors (Lipinski definition) is 7. The lowest BCUT2D eigenvalue weighted by Crippen LogP contribution is -2.75. The standard InChI is InChI=1S/C26H34N4O4/c1-19-10-7-13-27-22(19)25(24(32)33)12-9-17-30(18-21(31)34-3)26(25,29-15-5-4-6-16-29)23-20(2)11-8-14-28-23/h7-8,10-11,13-14H,4-6,9,12,15-18H2,1-3H3,(H,32,33). The van der Waals surface area contributed by atoms with Crippen LogP contribution in [-0.2, 0) is 25.4 Å². The van der Waals surface area contributed by atoms with Gasteiger partial charge in [0.1, 0.15) is 11.1 Å². The number of ether oxygens (including phenoxy) is 1. The monoisotopic (exact) mass is 466 g/mol. The Hall–Kier alpha value is -2.84. The molecule has 2 aromatic rings. The number of hydrogen-bond donors (Lipinski definition) is 1. The van der Waals surface area contributed by atoms with Crippen molar-refractivity contribution in [2.45, 2.75) is 57.0 Å². The second-order valence-electron chi connectivity index (χ2n) is 9.37. The van der Waals surface area contributed by atoms with Crippen LogP contribution in [0.2, 0.25) is 0 Å². The highest BCUT2D eigenvalue weighted by Crippen LogP contribution is 2.55. The number of likely N-dealkylation sites (tertiary alicyclic amines) is 2. The quantitative estimate of drug-likeness (QED) is 0.649. The molecule has 2 saturated heterocycles. The molecule has 2 unspecified atom stereocenters. The van der Waals surface area contributed by atoms with Crippen LogP contribution >= 0.6 is 0 Å². The largest absolute Gasteiger partial charge is 0.480 e. The number of pyridine rings is 2. The first-order valence-electron chi connectivity index (χ1n) is 12.0. The second-order valence-corrected chi connectivity index (χ2v) is 9.37. The number of esters is 1. The van der Waals surface area contributed by atoms with Gasteiger partial charge in [-0.3, -0.25) is 29.4 Å². The van der Waals surface area contributed by atoms with E-state index in [4.69, 9.17) is 14.7 Å². The SMILES string of the molecule is COC(=O)CN1CCCC(C(=O)O)(c2ncccc2C)C1(c1ncccc1C)N1CCCCC1. The summed E-state index contributed by atoms with van der Waals surface area (Å²) in [6, 6.07) is 7.58. The number of aryl methyl sites for hydroxylation is 2. The zero-order valence-electron chi connectivity index (χ0n) is 20.3. The molecule has 0 radical (unpaired) electrons. The van der Waals surface area contributed by atoms with Crippen LogP contribution in [-0.4, -0.2) is 70.1 Å². The minimum atomic E-state index is -1.43. The molecule has 2 fully saturated rings. The van der Waals surface area contributed by atoms with E-state index < -0.39 is 23.0 Å². The van der Waals surface area contributed by atoms with Crippen LogP contribution in [0.25, 0.3) is 0 Å². The topological polar surface area (TPSA) is 95.9 Å². The molecule has 34 heavy (non-hydrogen) atoms. The first-order chi connectivity index (χ1) is 16.4. The van der Waals surface area contributed by atoms with Crippen LogP contribution in [0.1, 0.15) is 54.6 Å². The van der Waals surface area contributed by atoms with Crippen molar-refractivity contribution in [2.75, 3.05) is 33.3 Å². The van der Waals surface area contributed by atoms with Crippen molar-refractivity contribution < 1.29 is 19.4 Å². The van der Waals surface area contributed by atoms with Gasteiger partial charge in [-0.2, -0.15) is 0 Å². The van der Waals surface area contributed by atoms with Crippen molar-refractivity contribution in [3.05, 3.63) is 59.2 Å². The van der Waals surface area contributed by atoms with Crippen molar-refractivity contribution in [2.24, 2.45) is 0 Å². The van der Waals surface area contributed by atoms with E-state index in [1.54, 1.807) is 12.4 Å². The Morgan fingerprint density at radius 3 is 2.15 bits per heavy atom. The van der Waals surface area contributed by atoms with Crippen LogP contribution in [0.4, 0.5) is 0 Å². The van der Waals surface area contributed by atoms with Gasteiger partial charge in [0, 0.05) is 32.0 Å². The highest BCUT2D eigenvalue weighted by Gasteiger charge is 2.68. The number of aliphatic carboxylic acids is 1. The average Bonchev–Trinajstić information content (AvgIpc) is 2.85. The lowest BCUT2D eigenvalue weighted by atomic mass is 9.61. The Bertz CT molecular complexity index is 1050. The molecule has 2 aliphatic rings. The number of carboxylic acid groups (broad SMARTS) is 1. The zero-order chi connectivity index (χ0) is 24.3. The van der Waals surface area contributed by atoms with Crippen molar-refractivity contribution in [1.82, 2.24) is 19.8 Å². The minimum absolute atomic E-state index is 0.0239. The van der Waals surface area contributed by atoms with Gasteiger partial charge in [-0.15, -0.1) is 0 Å². The molecule has 0 aliphatic carbocycles. The second kappa shape index (κ2) is 9.80. The van der Waals surface area contributed by atoms with Crippen LogP contribution in [0.15, 0.2) is 36.7 Å². The summed E-state index contributed by atoms with van der Waals surface area (Å²) in [5.41, 5.74) is 0.293. The van der Waals surface area contributed by atoms with Crippen molar-refractivity contribution in [1.29, 1.82) is 0 Å². The fraction of sp³-hybridized carbons (Fsp3) is 0.538. The summed E-state index contributed by atoms with van der Waals surface area (Å²) < 4.78 is 5.08. The smallest absolute Gasteiger partial charge is 0.319 e. The van der Waals surface area contributed by atoms with E-state index in [1.807, 2.05) is 43.0 Å². The Labute approximate surface area is 201 Å². The number of piperidine rings is 2. The molecule has 2 aliphatic heterocycles. The highest BCUT2D eigenvalue weighted by atomic mass is 16.5. The molecule has 0 spiro atoms. The van der Waals surface area contributed by atoms with Gasteiger partial charge in [0.15, 0.2) is 0 Å². The number of carbonyl (C=O) groups is 2. The molecule has 2 aromatic heterocycles. The Morgan fingerprint density at radius 1 is 0.971 bits per heavy atom. The molecular weight excluding hydrogens is 432 g/mol. The average molecular weight is 467 g/mol. The normalized spacial score (nSPS) is 26.2. The molecule has 0 aromatic carbocycles. The van der Waals surface area contributed by atoms with E-state index >= 15 is 0 Å². The van der Waals surface area contributed by atoms with E-state index in [0.29, 0.717) is 43.9 Å². The van der Waals surface area contributed by atoms with Crippen LogP contribution < -0.4 is 0 Å². The third kappa shape index (κ3) is 3.69. The molecule has 4 rings (SSSR count). The fourth-order valence-corrected chi connectivity index (χ4v) is 6.17. The molecule has 8 nitrogen and oxygen atoms in total. The third-order valence-corrected chi connectivity index (χ3v) is 7.51. The molecular formula is C26H34N4O4. The fourth-order valence-electron chi connectivity index (χ4n) is 6.17. The van der Waals surface area contributed by atoms with E-state index in [9.17, 15) is 14.7 Å². The van der Waals surface area contributed by atoms with Crippen LogP contribution in [0, 0.1) is 13.8 Å². The predicted octanol–water partition coefficient (Wildman–Crippen LogP) is 3.02. The van der Waals surface area contributed by atoms with E-state index in [-0.39, 0.29) is 6.54 Å². The van der Waals surface area contributed by atoms with Gasteiger partial charge in [-0.25, -0.2) is 0 Å². The van der Waals surface area contributed by atoms with E-state index in [2.05, 4.69) is 4.90 Å². The highest BCUT2D eigenvalue weighted by molar-refractivity contribution is 5.84. The van der Waals surface area contributed by atoms with Gasteiger partial charge in [0.2, 0.25) is 0 Å². The summed E-state index contributed by atoms with van der Waals surface area (Å²) in [7, 11) is 1.37. The number of nitrogens with zero attached hydrogens (tertiary/aromatic N) is 4. The van der Waals surface area contributed by atoms with Crippen molar-refractivity contribution in [3.63, 3.8) is 0 Å². The summed E-state index contributed by atoms with van der Waals surface area (Å²) in [6.07, 6.45) is 7.39. The van der Waals surface area contributed by atoms with E-state index in [0.717, 1.165) is 30.4 Å². The number of carbonyl (C=O) groups excluding carboxylic acids is 1. The number of aromatic nitrogens is 2. The van der Waals surface area contributed by atoms with Crippen molar-refractivity contribution in [3.8, 4) is 0 Å². The summed E-state index contributed by atoms with van der Waals surface area (Å²) in [5, 5.41) is 11.2. The van der Waals surface area contributed by atoms with E-state index in [1.165, 1.54) is 7.11 Å². The van der Waals surface area contributed by atoms with Gasteiger partial charge in [-0.05, 0) is 62.8 Å². The molecule has 0 saturated carbocycles. The number of rotatable bonds is 6. The summed E-state index contributed by atoms with van der Waals surface area (Å²) in [5.74, 6) is -1.34. The summed E-state index contributed by atoms with van der Waals surface area (Å²) in [4.78, 5) is 40.1. The molecule has 182 valence electrons. The van der Waals surface area contributed by atoms with Gasteiger partial charge < -0.3 is 9.84 Å². The number of methoxy groups -OCH3 is 1. The molecule has 0 bridgehead atoms. The lowest BCUT2D eigenvalue weighted by Gasteiger charge is -2.61. The maximum atomic E-state index is 13.6. The first-order valence-corrected chi connectivity index (χ1v) is 12.0. The lowest BCUT2D eigenvalue weighted by molar-refractivity contribution is -0.192. The molecule has 4 heterocycles. The minimum Gasteiger partial charge on any atom is -0.480 e. The maximum Gasteiger partial charge on any atom is 0.319 e. The predicted molar refractivity (Wildman–Crippen MR) is 127 cm³/mol. The molecule has 2 atom stereocenters. The van der Waals surface area contributed by atoms with Gasteiger partial charge in [0.05, 0.1) is 25.0 Å². The third-order valence-electron chi connectivity index (χ3n) is 7.51. The summed E-state index contributed by atoms with van der Waals surface area (Å²) >= 11 is 0. The first kappa shape index (κ1) is 24.3. The summed E-state index contributed by atoms with van der Waals surface area (Å²) in [6.45, 7) is 5.85. The number of carboxylic acids is 1. The molecule has 8 heteroatoms. The Balaban J connectivity index is 2.13. The Morgan fingerprint density at radius 2 is 1.59 bits per heavy atom. The van der Waals surface area contributed by atoms with Crippen LogP contribution in [0.5, 0.6) is 0 Å². The van der Waals surface area contributed by atoms with Gasteiger partial charge in [-0.1, -0.05) is 18.6 Å². The Kier molecular flexibility index (Phi) is 7.00. The maximum absolute atomic E-state index is 13.6. The molecule has 0 amide bonds. The zero-order valence-corrected chi connectivity index (χ0v) is 20.3. The van der Waals surface area contributed by atoms with Gasteiger partial charge in [0.25, 0.3) is 0 Å². The van der Waals surface area contributed by atoms with Crippen LogP contribution in [0.3, 0.4) is 0 Å². The molecule has 1 N–H and O–H groups in total.